The Balaban J connectivity index is 2.63. The summed E-state index contributed by atoms with van der Waals surface area (Å²) in [6.07, 6.45) is 0. The van der Waals surface area contributed by atoms with Crippen LogP contribution in [0.4, 0.5) is 0 Å². The molecule has 4 heteroatoms. The van der Waals surface area contributed by atoms with Gasteiger partial charge in [-0.15, -0.1) is 11.3 Å². The third kappa shape index (κ3) is 4.88. The SMILES string of the molecule is CC(C)N(CCO)Cc1cc(C#CCN)cs1. The van der Waals surface area contributed by atoms with Crippen molar-refractivity contribution in [1.29, 1.82) is 0 Å². The molecule has 1 aromatic rings. The molecule has 0 radical (unpaired) electrons. The van der Waals surface area contributed by atoms with Crippen molar-refractivity contribution in [2.75, 3.05) is 19.7 Å². The van der Waals surface area contributed by atoms with E-state index in [1.807, 2.05) is 0 Å². The average Bonchev–Trinajstić information content (AvgIpc) is 2.73. The molecule has 0 aliphatic rings. The molecule has 0 aromatic carbocycles. The van der Waals surface area contributed by atoms with E-state index in [9.17, 15) is 0 Å². The van der Waals surface area contributed by atoms with Crippen molar-refractivity contribution in [1.82, 2.24) is 4.90 Å². The molecule has 0 atom stereocenters. The molecule has 0 saturated carbocycles. The third-order valence-corrected chi connectivity index (χ3v) is 3.39. The number of hydrogen-bond donors (Lipinski definition) is 2. The van der Waals surface area contributed by atoms with E-state index in [0.717, 1.165) is 12.1 Å². The largest absolute Gasteiger partial charge is 0.395 e. The van der Waals surface area contributed by atoms with Gasteiger partial charge in [-0.05, 0) is 19.9 Å². The lowest BCUT2D eigenvalue weighted by atomic mass is 10.2. The van der Waals surface area contributed by atoms with Crippen LogP contribution in [0, 0.1) is 11.8 Å². The first-order chi connectivity index (χ1) is 8.17. The van der Waals surface area contributed by atoms with Gasteiger partial charge < -0.3 is 10.8 Å². The van der Waals surface area contributed by atoms with Crippen LogP contribution in [0.15, 0.2) is 11.4 Å². The van der Waals surface area contributed by atoms with E-state index in [4.69, 9.17) is 10.8 Å². The molecule has 17 heavy (non-hydrogen) atoms. The van der Waals surface area contributed by atoms with Crippen molar-refractivity contribution in [2.24, 2.45) is 5.73 Å². The highest BCUT2D eigenvalue weighted by Gasteiger charge is 2.10. The Bertz CT molecular complexity index is 390. The second-order valence-electron chi connectivity index (χ2n) is 4.10. The van der Waals surface area contributed by atoms with E-state index in [0.29, 0.717) is 19.1 Å². The summed E-state index contributed by atoms with van der Waals surface area (Å²) >= 11 is 1.70. The molecule has 1 aromatic heterocycles. The monoisotopic (exact) mass is 252 g/mol. The molecular formula is C13H20N2OS. The second kappa shape index (κ2) is 7.46. The second-order valence-corrected chi connectivity index (χ2v) is 5.09. The number of rotatable bonds is 5. The van der Waals surface area contributed by atoms with Crippen molar-refractivity contribution in [3.63, 3.8) is 0 Å². The zero-order chi connectivity index (χ0) is 12.7. The van der Waals surface area contributed by atoms with Crippen LogP contribution in [0.25, 0.3) is 0 Å². The lowest BCUT2D eigenvalue weighted by molar-refractivity contribution is 0.160. The fourth-order valence-electron chi connectivity index (χ4n) is 1.53. The third-order valence-electron chi connectivity index (χ3n) is 2.46. The lowest BCUT2D eigenvalue weighted by Crippen LogP contribution is -2.32. The summed E-state index contributed by atoms with van der Waals surface area (Å²) in [5.41, 5.74) is 6.37. The van der Waals surface area contributed by atoms with Crippen LogP contribution >= 0.6 is 11.3 Å². The van der Waals surface area contributed by atoms with E-state index >= 15 is 0 Å². The maximum absolute atomic E-state index is 9.01. The van der Waals surface area contributed by atoms with E-state index in [1.54, 1.807) is 11.3 Å². The van der Waals surface area contributed by atoms with E-state index in [-0.39, 0.29) is 6.61 Å². The molecule has 0 spiro atoms. The number of aliphatic hydroxyl groups is 1. The van der Waals surface area contributed by atoms with E-state index in [1.165, 1.54) is 4.88 Å². The zero-order valence-corrected chi connectivity index (χ0v) is 11.3. The first-order valence-corrected chi connectivity index (χ1v) is 6.66. The fraction of sp³-hybridized carbons (Fsp3) is 0.538. The molecule has 0 bridgehead atoms. The molecule has 94 valence electrons. The van der Waals surface area contributed by atoms with Gasteiger partial charge in [0.25, 0.3) is 0 Å². The van der Waals surface area contributed by atoms with Crippen molar-refractivity contribution < 1.29 is 5.11 Å². The summed E-state index contributed by atoms with van der Waals surface area (Å²) in [6, 6.07) is 2.53. The minimum atomic E-state index is 0.198. The highest BCUT2D eigenvalue weighted by molar-refractivity contribution is 7.10. The van der Waals surface area contributed by atoms with E-state index in [2.05, 4.69) is 42.0 Å². The van der Waals surface area contributed by atoms with Gasteiger partial charge in [0.2, 0.25) is 0 Å². The highest BCUT2D eigenvalue weighted by atomic mass is 32.1. The molecule has 0 amide bonds. The predicted molar refractivity (Wildman–Crippen MR) is 72.9 cm³/mol. The molecule has 0 saturated heterocycles. The van der Waals surface area contributed by atoms with Crippen molar-refractivity contribution >= 4 is 11.3 Å². The van der Waals surface area contributed by atoms with Gasteiger partial charge >= 0.3 is 0 Å². The summed E-state index contributed by atoms with van der Waals surface area (Å²) in [7, 11) is 0. The number of aliphatic hydroxyl groups excluding tert-OH is 1. The molecular weight excluding hydrogens is 232 g/mol. The Morgan fingerprint density at radius 2 is 2.29 bits per heavy atom. The van der Waals surface area contributed by atoms with Gasteiger partial charge in [-0.25, -0.2) is 0 Å². The van der Waals surface area contributed by atoms with Crippen molar-refractivity contribution in [2.45, 2.75) is 26.4 Å². The Kier molecular flexibility index (Phi) is 6.23. The molecule has 0 unspecified atom stereocenters. The summed E-state index contributed by atoms with van der Waals surface area (Å²) in [4.78, 5) is 3.51. The summed E-state index contributed by atoms with van der Waals surface area (Å²) in [6.45, 7) is 6.45. The van der Waals surface area contributed by atoms with Gasteiger partial charge in [-0.3, -0.25) is 4.90 Å². The maximum atomic E-state index is 9.01. The Labute approximate surface area is 107 Å². The Hall–Kier alpha value is -0.860. The van der Waals surface area contributed by atoms with Crippen LogP contribution in [0.3, 0.4) is 0 Å². The van der Waals surface area contributed by atoms with Crippen LogP contribution in [0.5, 0.6) is 0 Å². The standard InChI is InChI=1S/C13H20N2OS/c1-11(2)15(6-7-16)9-13-8-12(10-17-13)4-3-5-14/h8,10-11,16H,5-7,9,14H2,1-2H3. The molecule has 0 aliphatic heterocycles. The summed E-state index contributed by atoms with van der Waals surface area (Å²) < 4.78 is 0. The van der Waals surface area contributed by atoms with Crippen molar-refractivity contribution in [3.05, 3.63) is 21.9 Å². The number of thiophene rings is 1. The predicted octanol–water partition coefficient (Wildman–Crippen LogP) is 1.26. The zero-order valence-electron chi connectivity index (χ0n) is 10.4. The fourth-order valence-corrected chi connectivity index (χ4v) is 2.37. The number of nitrogens with zero attached hydrogens (tertiary/aromatic N) is 1. The first kappa shape index (κ1) is 14.2. The van der Waals surface area contributed by atoms with Crippen LogP contribution in [0.1, 0.15) is 24.3 Å². The Morgan fingerprint density at radius 3 is 2.88 bits per heavy atom. The first-order valence-electron chi connectivity index (χ1n) is 5.78. The quantitative estimate of drug-likeness (QED) is 0.776. The molecule has 1 rings (SSSR count). The minimum Gasteiger partial charge on any atom is -0.395 e. The number of hydrogen-bond acceptors (Lipinski definition) is 4. The lowest BCUT2D eigenvalue weighted by Gasteiger charge is -2.24. The topological polar surface area (TPSA) is 49.5 Å². The average molecular weight is 252 g/mol. The molecule has 3 nitrogen and oxygen atoms in total. The maximum Gasteiger partial charge on any atom is 0.0558 e. The Morgan fingerprint density at radius 1 is 1.53 bits per heavy atom. The highest BCUT2D eigenvalue weighted by Crippen LogP contribution is 2.17. The number of nitrogens with two attached hydrogens (primary N) is 1. The van der Waals surface area contributed by atoms with Gasteiger partial charge in [0.15, 0.2) is 0 Å². The summed E-state index contributed by atoms with van der Waals surface area (Å²) in [5.74, 6) is 5.88. The minimum absolute atomic E-state index is 0.198. The summed E-state index contributed by atoms with van der Waals surface area (Å²) in [5, 5.41) is 11.1. The van der Waals surface area contributed by atoms with Crippen molar-refractivity contribution in [3.8, 4) is 11.8 Å². The van der Waals surface area contributed by atoms with Crippen LogP contribution < -0.4 is 5.73 Å². The van der Waals surface area contributed by atoms with Crippen LogP contribution in [-0.4, -0.2) is 35.7 Å². The van der Waals surface area contributed by atoms with Gasteiger partial charge in [0.05, 0.1) is 13.2 Å². The normalized spacial score (nSPS) is 10.7. The molecule has 0 fully saturated rings. The molecule has 1 heterocycles. The van der Waals surface area contributed by atoms with Crippen LogP contribution in [-0.2, 0) is 6.54 Å². The van der Waals surface area contributed by atoms with Gasteiger partial charge in [-0.1, -0.05) is 11.8 Å². The van der Waals surface area contributed by atoms with Gasteiger partial charge in [0, 0.05) is 35.0 Å². The molecule has 3 N–H and O–H groups in total. The van der Waals surface area contributed by atoms with Crippen LogP contribution in [0.2, 0.25) is 0 Å². The molecule has 0 aliphatic carbocycles. The van der Waals surface area contributed by atoms with Gasteiger partial charge in [0.1, 0.15) is 0 Å². The van der Waals surface area contributed by atoms with Gasteiger partial charge in [-0.2, -0.15) is 0 Å². The smallest absolute Gasteiger partial charge is 0.0558 e. The van der Waals surface area contributed by atoms with E-state index < -0.39 is 0 Å².